The summed E-state index contributed by atoms with van der Waals surface area (Å²) in [4.78, 5) is 13.3. The van der Waals surface area contributed by atoms with Gasteiger partial charge in [-0.05, 0) is 24.6 Å². The highest BCUT2D eigenvalue weighted by atomic mass is 79.9. The SMILES string of the molecule is C[C@@H](C(N)=O)N1CCO[C@H](c2cccc(Br)c2)C1. The molecule has 1 heterocycles. The van der Waals surface area contributed by atoms with Crippen molar-refractivity contribution < 1.29 is 9.53 Å². The fraction of sp³-hybridized carbons (Fsp3) is 0.462. The number of carbonyl (C=O) groups is 1. The number of nitrogens with two attached hydrogens (primary N) is 1. The van der Waals surface area contributed by atoms with Gasteiger partial charge in [0.05, 0.1) is 18.8 Å². The second-order valence-corrected chi connectivity index (χ2v) is 5.40. The molecule has 1 saturated heterocycles. The minimum absolute atomic E-state index is 0.00181. The lowest BCUT2D eigenvalue weighted by atomic mass is 10.1. The predicted octanol–water partition coefficient (Wildman–Crippen LogP) is 1.70. The van der Waals surface area contributed by atoms with Crippen molar-refractivity contribution in [2.75, 3.05) is 19.7 Å². The molecule has 0 radical (unpaired) electrons. The molecule has 1 aliphatic heterocycles. The average Bonchev–Trinajstić information content (AvgIpc) is 2.38. The van der Waals surface area contributed by atoms with Crippen LogP contribution in [0.1, 0.15) is 18.6 Å². The van der Waals surface area contributed by atoms with E-state index in [-0.39, 0.29) is 18.1 Å². The Labute approximate surface area is 115 Å². The molecule has 0 unspecified atom stereocenters. The van der Waals surface area contributed by atoms with E-state index in [0.29, 0.717) is 13.2 Å². The summed E-state index contributed by atoms with van der Waals surface area (Å²) in [5.41, 5.74) is 6.46. The van der Waals surface area contributed by atoms with Crippen molar-refractivity contribution >= 4 is 21.8 Å². The van der Waals surface area contributed by atoms with Gasteiger partial charge in [-0.25, -0.2) is 0 Å². The van der Waals surface area contributed by atoms with Crippen molar-refractivity contribution in [3.05, 3.63) is 34.3 Å². The fourth-order valence-corrected chi connectivity index (χ4v) is 2.53. The van der Waals surface area contributed by atoms with E-state index in [9.17, 15) is 4.79 Å². The van der Waals surface area contributed by atoms with E-state index < -0.39 is 0 Å². The van der Waals surface area contributed by atoms with Gasteiger partial charge in [0, 0.05) is 17.6 Å². The predicted molar refractivity (Wildman–Crippen MR) is 73.1 cm³/mol. The van der Waals surface area contributed by atoms with Crippen LogP contribution in [0.4, 0.5) is 0 Å². The van der Waals surface area contributed by atoms with Gasteiger partial charge in [-0.15, -0.1) is 0 Å². The van der Waals surface area contributed by atoms with Crippen LogP contribution in [0, 0.1) is 0 Å². The van der Waals surface area contributed by atoms with Gasteiger partial charge in [0.2, 0.25) is 5.91 Å². The summed E-state index contributed by atoms with van der Waals surface area (Å²) in [6.07, 6.45) is -0.00181. The number of nitrogens with zero attached hydrogens (tertiary/aromatic N) is 1. The summed E-state index contributed by atoms with van der Waals surface area (Å²) in [5.74, 6) is -0.287. The van der Waals surface area contributed by atoms with Crippen molar-refractivity contribution in [3.63, 3.8) is 0 Å². The standard InChI is InChI=1S/C13H17BrN2O2/c1-9(13(15)17)16-5-6-18-12(8-16)10-3-2-4-11(14)7-10/h2-4,7,9,12H,5-6,8H2,1H3,(H2,15,17)/t9-,12-/m0/s1. The largest absolute Gasteiger partial charge is 0.371 e. The Morgan fingerprint density at radius 1 is 1.61 bits per heavy atom. The second kappa shape index (κ2) is 5.82. The number of rotatable bonds is 3. The van der Waals surface area contributed by atoms with E-state index in [1.54, 1.807) is 0 Å². The molecule has 98 valence electrons. The first-order valence-corrected chi connectivity index (χ1v) is 6.77. The Morgan fingerprint density at radius 2 is 2.39 bits per heavy atom. The van der Waals surface area contributed by atoms with Crippen molar-refractivity contribution in [2.24, 2.45) is 5.73 Å². The highest BCUT2D eigenvalue weighted by Gasteiger charge is 2.27. The number of hydrogen-bond acceptors (Lipinski definition) is 3. The maximum Gasteiger partial charge on any atom is 0.234 e. The maximum atomic E-state index is 11.2. The monoisotopic (exact) mass is 312 g/mol. The minimum atomic E-state index is -0.287. The molecule has 0 aliphatic carbocycles. The molecule has 2 N–H and O–H groups in total. The molecule has 0 aromatic heterocycles. The zero-order valence-corrected chi connectivity index (χ0v) is 11.9. The van der Waals surface area contributed by atoms with E-state index in [2.05, 4.69) is 20.8 Å². The van der Waals surface area contributed by atoms with Crippen LogP contribution in [-0.4, -0.2) is 36.5 Å². The minimum Gasteiger partial charge on any atom is -0.371 e. The number of halogens is 1. The van der Waals surface area contributed by atoms with Gasteiger partial charge in [0.25, 0.3) is 0 Å². The van der Waals surface area contributed by atoms with Gasteiger partial charge in [0.15, 0.2) is 0 Å². The lowest BCUT2D eigenvalue weighted by Gasteiger charge is -2.35. The number of ether oxygens (including phenoxy) is 1. The molecule has 1 amide bonds. The first kappa shape index (κ1) is 13.5. The number of hydrogen-bond donors (Lipinski definition) is 1. The van der Waals surface area contributed by atoms with Crippen LogP contribution in [-0.2, 0) is 9.53 Å². The molecule has 4 nitrogen and oxygen atoms in total. The van der Waals surface area contributed by atoms with Crippen LogP contribution in [0.3, 0.4) is 0 Å². The summed E-state index contributed by atoms with van der Waals surface area (Å²) in [6, 6.07) is 7.80. The number of morpholine rings is 1. The Kier molecular flexibility index (Phi) is 4.37. The Bertz CT molecular complexity index is 439. The fourth-order valence-electron chi connectivity index (χ4n) is 2.11. The van der Waals surface area contributed by atoms with E-state index in [1.807, 2.05) is 31.2 Å². The van der Waals surface area contributed by atoms with Crippen LogP contribution in [0.15, 0.2) is 28.7 Å². The molecular weight excluding hydrogens is 296 g/mol. The highest BCUT2D eigenvalue weighted by Crippen LogP contribution is 2.25. The van der Waals surface area contributed by atoms with Crippen molar-refractivity contribution in [3.8, 4) is 0 Å². The molecule has 1 aromatic carbocycles. The lowest BCUT2D eigenvalue weighted by molar-refractivity contribution is -0.126. The molecule has 1 fully saturated rings. The third-order valence-electron chi connectivity index (χ3n) is 3.28. The van der Waals surface area contributed by atoms with Crippen LogP contribution in [0.5, 0.6) is 0 Å². The first-order chi connectivity index (χ1) is 8.58. The molecule has 5 heteroatoms. The van der Waals surface area contributed by atoms with Crippen molar-refractivity contribution in [1.29, 1.82) is 0 Å². The number of primary amides is 1. The van der Waals surface area contributed by atoms with Crippen LogP contribution < -0.4 is 5.73 Å². The Balaban J connectivity index is 2.09. The Hall–Kier alpha value is -0.910. The first-order valence-electron chi connectivity index (χ1n) is 5.98. The van der Waals surface area contributed by atoms with Gasteiger partial charge in [-0.1, -0.05) is 28.1 Å². The molecule has 18 heavy (non-hydrogen) atoms. The van der Waals surface area contributed by atoms with Crippen molar-refractivity contribution in [1.82, 2.24) is 4.90 Å². The average molecular weight is 313 g/mol. The highest BCUT2D eigenvalue weighted by molar-refractivity contribution is 9.10. The molecule has 1 aromatic rings. The maximum absolute atomic E-state index is 11.2. The molecular formula is C13H17BrN2O2. The summed E-state index contributed by atoms with van der Waals surface area (Å²) in [6.45, 7) is 3.90. The van der Waals surface area contributed by atoms with Crippen molar-refractivity contribution in [2.45, 2.75) is 19.1 Å². The zero-order chi connectivity index (χ0) is 13.1. The molecule has 2 rings (SSSR count). The molecule has 0 spiro atoms. The Morgan fingerprint density at radius 3 is 3.06 bits per heavy atom. The van der Waals surface area contributed by atoms with Gasteiger partial charge in [0.1, 0.15) is 0 Å². The zero-order valence-electron chi connectivity index (χ0n) is 10.3. The molecule has 2 atom stereocenters. The normalized spacial score (nSPS) is 22.7. The van der Waals surface area contributed by atoms with E-state index >= 15 is 0 Å². The smallest absolute Gasteiger partial charge is 0.234 e. The van der Waals surface area contributed by atoms with Crippen LogP contribution in [0.25, 0.3) is 0 Å². The third kappa shape index (κ3) is 3.10. The summed E-state index contributed by atoms with van der Waals surface area (Å²) in [7, 11) is 0. The molecule has 0 bridgehead atoms. The molecule has 1 aliphatic rings. The van der Waals surface area contributed by atoms with Gasteiger partial charge in [-0.2, -0.15) is 0 Å². The number of benzene rings is 1. The quantitative estimate of drug-likeness (QED) is 0.924. The topological polar surface area (TPSA) is 55.6 Å². The van der Waals surface area contributed by atoms with Crippen LogP contribution in [0.2, 0.25) is 0 Å². The summed E-state index contributed by atoms with van der Waals surface area (Å²) in [5, 5.41) is 0. The van der Waals surface area contributed by atoms with E-state index in [4.69, 9.17) is 10.5 Å². The van der Waals surface area contributed by atoms with Gasteiger partial charge >= 0.3 is 0 Å². The van der Waals surface area contributed by atoms with Gasteiger partial charge in [-0.3, -0.25) is 9.69 Å². The lowest BCUT2D eigenvalue weighted by Crippen LogP contribution is -2.48. The van der Waals surface area contributed by atoms with E-state index in [0.717, 1.165) is 16.6 Å². The third-order valence-corrected chi connectivity index (χ3v) is 3.77. The molecule has 0 saturated carbocycles. The summed E-state index contributed by atoms with van der Waals surface area (Å²) < 4.78 is 6.80. The number of carbonyl (C=O) groups excluding carboxylic acids is 1. The second-order valence-electron chi connectivity index (χ2n) is 4.49. The van der Waals surface area contributed by atoms with Crippen LogP contribution >= 0.6 is 15.9 Å². The van der Waals surface area contributed by atoms with E-state index in [1.165, 1.54) is 0 Å². The van der Waals surface area contributed by atoms with Gasteiger partial charge < -0.3 is 10.5 Å². The summed E-state index contributed by atoms with van der Waals surface area (Å²) >= 11 is 3.45. The number of amides is 1.